The lowest BCUT2D eigenvalue weighted by Crippen LogP contribution is -2.16. The van der Waals surface area contributed by atoms with Crippen LogP contribution in [-0.2, 0) is 12.7 Å². The van der Waals surface area contributed by atoms with Crippen LogP contribution in [-0.4, -0.2) is 30.3 Å². The van der Waals surface area contributed by atoms with Crippen LogP contribution in [0.5, 0.6) is 0 Å². The molecule has 0 spiro atoms. The number of amides is 1. The normalized spacial score (nSPS) is 11.9. The molecule has 5 aromatic rings. The summed E-state index contributed by atoms with van der Waals surface area (Å²) >= 11 is 5.86. The predicted octanol–water partition coefficient (Wildman–Crippen LogP) is 6.88. The van der Waals surface area contributed by atoms with Gasteiger partial charge in [0, 0.05) is 16.7 Å². The molecular formula is C26H15ClF8N6O. The average Bonchev–Trinajstić information content (AvgIpc) is 3.49. The fourth-order valence-electron chi connectivity index (χ4n) is 4.20. The van der Waals surface area contributed by atoms with Crippen molar-refractivity contribution < 1.29 is 39.9 Å². The number of nitrogens with one attached hydrogen (secondary N) is 1. The molecule has 0 unspecified atom stereocenters. The van der Waals surface area contributed by atoms with Crippen molar-refractivity contribution in [3.05, 3.63) is 98.8 Å². The van der Waals surface area contributed by atoms with Gasteiger partial charge in [-0.3, -0.25) is 9.48 Å². The van der Waals surface area contributed by atoms with Gasteiger partial charge in [0.1, 0.15) is 0 Å². The first-order chi connectivity index (χ1) is 19.7. The van der Waals surface area contributed by atoms with Crippen molar-refractivity contribution in [1.29, 1.82) is 0 Å². The Hall–Kier alpha value is -4.53. The molecule has 3 aromatic heterocycles. The molecule has 7 nitrogen and oxygen atoms in total. The summed E-state index contributed by atoms with van der Waals surface area (Å²) in [5.41, 5.74) is -2.75. The second kappa shape index (κ2) is 10.4. The van der Waals surface area contributed by atoms with E-state index in [1.807, 2.05) is 0 Å². The van der Waals surface area contributed by atoms with E-state index in [0.717, 1.165) is 16.8 Å². The van der Waals surface area contributed by atoms with E-state index < -0.39 is 64.7 Å². The minimum absolute atomic E-state index is 0.0215. The van der Waals surface area contributed by atoms with E-state index in [9.17, 15) is 39.9 Å². The predicted molar refractivity (Wildman–Crippen MR) is 133 cm³/mol. The maximum atomic E-state index is 14.2. The number of carbonyl (C=O) groups excluding carboxylic acids is 1. The van der Waals surface area contributed by atoms with Crippen LogP contribution in [0.4, 0.5) is 40.8 Å². The summed E-state index contributed by atoms with van der Waals surface area (Å²) in [5, 5.41) is 10.5. The number of nitrogens with zero attached hydrogens (tertiary/aromatic N) is 5. The van der Waals surface area contributed by atoms with Crippen LogP contribution >= 0.6 is 11.6 Å². The number of hydrogen-bond donors (Lipinski definition) is 1. The van der Waals surface area contributed by atoms with Crippen LogP contribution in [0.15, 0.2) is 36.4 Å². The van der Waals surface area contributed by atoms with Crippen molar-refractivity contribution in [2.24, 2.45) is 0 Å². The molecule has 218 valence electrons. The van der Waals surface area contributed by atoms with Crippen LogP contribution < -0.4 is 5.32 Å². The van der Waals surface area contributed by atoms with Crippen LogP contribution in [0.2, 0.25) is 5.02 Å². The van der Waals surface area contributed by atoms with Gasteiger partial charge in [-0.25, -0.2) is 31.5 Å². The van der Waals surface area contributed by atoms with Gasteiger partial charge in [0.15, 0.2) is 40.3 Å². The standard InChI is InChI=1S/C26H15ClF8N6O/c1-10-24(11(2)40(38-10)9-14-19(28)21(30)23(32)22(31)20(14)29)37-25(42)16-8-18-36-15(12-3-5-13(27)6-4-12)7-17(26(33,34)35)41(18)39-16/h3-8H,9H2,1-2H3,(H,37,42). The zero-order chi connectivity index (χ0) is 30.7. The van der Waals surface area contributed by atoms with Gasteiger partial charge in [-0.15, -0.1) is 0 Å². The maximum absolute atomic E-state index is 14.2. The van der Waals surface area contributed by atoms with E-state index >= 15 is 0 Å². The molecule has 42 heavy (non-hydrogen) atoms. The van der Waals surface area contributed by atoms with Crippen molar-refractivity contribution in [3.8, 4) is 11.3 Å². The molecule has 5 rings (SSSR count). The number of rotatable bonds is 5. The smallest absolute Gasteiger partial charge is 0.317 e. The lowest BCUT2D eigenvalue weighted by molar-refractivity contribution is -0.142. The van der Waals surface area contributed by atoms with Gasteiger partial charge in [-0.1, -0.05) is 23.7 Å². The zero-order valence-electron chi connectivity index (χ0n) is 21.2. The SMILES string of the molecule is Cc1nn(Cc2c(F)c(F)c(F)c(F)c2F)c(C)c1NC(=O)c1cc2nc(-c3ccc(Cl)cc3)cc(C(F)(F)F)n2n1. The van der Waals surface area contributed by atoms with Gasteiger partial charge in [-0.2, -0.15) is 23.4 Å². The number of anilines is 1. The van der Waals surface area contributed by atoms with Gasteiger partial charge in [-0.05, 0) is 32.0 Å². The first-order valence-electron chi connectivity index (χ1n) is 11.8. The van der Waals surface area contributed by atoms with Gasteiger partial charge in [0.2, 0.25) is 5.82 Å². The molecule has 0 saturated heterocycles. The summed E-state index contributed by atoms with van der Waals surface area (Å²) in [6, 6.07) is 7.68. The number of alkyl halides is 3. The minimum Gasteiger partial charge on any atom is -0.317 e. The third-order valence-corrected chi connectivity index (χ3v) is 6.57. The van der Waals surface area contributed by atoms with Gasteiger partial charge >= 0.3 is 6.18 Å². The van der Waals surface area contributed by atoms with E-state index in [0.29, 0.717) is 15.1 Å². The summed E-state index contributed by atoms with van der Waals surface area (Å²) < 4.78 is 112. The van der Waals surface area contributed by atoms with Crippen molar-refractivity contribution in [2.75, 3.05) is 5.32 Å². The third-order valence-electron chi connectivity index (χ3n) is 6.32. The largest absolute Gasteiger partial charge is 0.433 e. The molecule has 0 aliphatic rings. The molecule has 0 saturated carbocycles. The summed E-state index contributed by atoms with van der Waals surface area (Å²) in [4.78, 5) is 17.2. The molecular weight excluding hydrogens is 600 g/mol. The Morgan fingerprint density at radius 3 is 2.10 bits per heavy atom. The summed E-state index contributed by atoms with van der Waals surface area (Å²) in [6.45, 7) is 1.84. The second-order valence-corrected chi connectivity index (χ2v) is 9.47. The quantitative estimate of drug-likeness (QED) is 0.133. The van der Waals surface area contributed by atoms with Gasteiger partial charge in [0.05, 0.1) is 34.9 Å². The van der Waals surface area contributed by atoms with E-state index in [4.69, 9.17) is 11.6 Å². The Morgan fingerprint density at radius 1 is 0.905 bits per heavy atom. The van der Waals surface area contributed by atoms with Crippen molar-refractivity contribution >= 4 is 28.8 Å². The molecule has 0 bridgehead atoms. The Morgan fingerprint density at radius 2 is 1.50 bits per heavy atom. The zero-order valence-corrected chi connectivity index (χ0v) is 22.0. The third kappa shape index (κ3) is 5.04. The number of hydrogen-bond acceptors (Lipinski definition) is 4. The van der Waals surface area contributed by atoms with Crippen LogP contribution in [0.1, 0.15) is 33.1 Å². The van der Waals surface area contributed by atoms with Gasteiger partial charge < -0.3 is 5.32 Å². The van der Waals surface area contributed by atoms with Gasteiger partial charge in [0.25, 0.3) is 5.91 Å². The monoisotopic (exact) mass is 614 g/mol. The fraction of sp³-hybridized carbons (Fsp3) is 0.154. The van der Waals surface area contributed by atoms with Crippen LogP contribution in [0.25, 0.3) is 16.9 Å². The number of fused-ring (bicyclic) bond motifs is 1. The summed E-state index contributed by atoms with van der Waals surface area (Å²) in [6.07, 6.45) is -4.87. The molecule has 0 aliphatic carbocycles. The first kappa shape index (κ1) is 29.0. The van der Waals surface area contributed by atoms with E-state index in [1.165, 1.54) is 38.1 Å². The Bertz CT molecular complexity index is 1850. The molecule has 1 amide bonds. The fourth-order valence-corrected chi connectivity index (χ4v) is 4.33. The van der Waals surface area contributed by atoms with Crippen molar-refractivity contribution in [1.82, 2.24) is 24.4 Å². The average molecular weight is 615 g/mol. The number of carbonyl (C=O) groups is 1. The molecule has 0 fully saturated rings. The lowest BCUT2D eigenvalue weighted by Gasteiger charge is -2.11. The highest BCUT2D eigenvalue weighted by atomic mass is 35.5. The molecule has 16 heteroatoms. The number of benzene rings is 2. The molecule has 0 atom stereocenters. The molecule has 1 N–H and O–H groups in total. The van der Waals surface area contributed by atoms with E-state index in [-0.39, 0.29) is 28.4 Å². The van der Waals surface area contributed by atoms with Crippen molar-refractivity contribution in [3.63, 3.8) is 0 Å². The Labute approximate surface area is 235 Å². The number of aromatic nitrogens is 5. The summed E-state index contributed by atoms with van der Waals surface area (Å²) in [7, 11) is 0. The number of halogens is 9. The molecule has 2 aromatic carbocycles. The highest BCUT2D eigenvalue weighted by molar-refractivity contribution is 6.30. The van der Waals surface area contributed by atoms with Crippen LogP contribution in [0.3, 0.4) is 0 Å². The first-order valence-corrected chi connectivity index (χ1v) is 12.1. The van der Waals surface area contributed by atoms with E-state index in [2.05, 4.69) is 20.5 Å². The van der Waals surface area contributed by atoms with E-state index in [1.54, 1.807) is 0 Å². The molecule has 0 radical (unpaired) electrons. The Kier molecular flexibility index (Phi) is 7.17. The highest BCUT2D eigenvalue weighted by Gasteiger charge is 2.36. The second-order valence-electron chi connectivity index (χ2n) is 9.04. The topological polar surface area (TPSA) is 77.1 Å². The highest BCUT2D eigenvalue weighted by Crippen LogP contribution is 2.33. The Balaban J connectivity index is 1.49. The lowest BCUT2D eigenvalue weighted by atomic mass is 10.1. The van der Waals surface area contributed by atoms with Crippen molar-refractivity contribution in [2.45, 2.75) is 26.6 Å². The molecule has 0 aliphatic heterocycles. The summed E-state index contributed by atoms with van der Waals surface area (Å²) in [5.74, 6) is -11.6. The number of aryl methyl sites for hydroxylation is 1. The van der Waals surface area contributed by atoms with Crippen LogP contribution in [0, 0.1) is 42.9 Å². The maximum Gasteiger partial charge on any atom is 0.433 e. The minimum atomic E-state index is -4.87. The molecule has 3 heterocycles.